The lowest BCUT2D eigenvalue weighted by atomic mass is 9.88. The number of carbonyl (C=O) groups excluding carboxylic acids is 1. The summed E-state index contributed by atoms with van der Waals surface area (Å²) in [7, 11) is 0. The van der Waals surface area contributed by atoms with Crippen LogP contribution < -0.4 is 5.32 Å². The van der Waals surface area contributed by atoms with Crippen molar-refractivity contribution >= 4 is 5.91 Å². The van der Waals surface area contributed by atoms with E-state index in [0.29, 0.717) is 18.9 Å². The summed E-state index contributed by atoms with van der Waals surface area (Å²) in [6.07, 6.45) is -5.09. The van der Waals surface area contributed by atoms with E-state index in [1.54, 1.807) is 13.8 Å². The Kier molecular flexibility index (Phi) is 11.0. The molecule has 0 aliphatic heterocycles. The molecule has 0 rings (SSSR count). The topological polar surface area (TPSA) is 139 Å². The smallest absolute Gasteiger partial charge is 0.225 e. The molecular weight excluding hydrogens is 354 g/mol. The summed E-state index contributed by atoms with van der Waals surface area (Å²) in [4.78, 5) is 12.4. The van der Waals surface area contributed by atoms with Gasteiger partial charge in [-0.15, -0.1) is 0 Å². The molecule has 0 radical (unpaired) electrons. The molecule has 0 heterocycles. The van der Waals surface area contributed by atoms with Crippen molar-refractivity contribution in [3.05, 3.63) is 0 Å². The highest BCUT2D eigenvalue weighted by atomic mass is 16.5. The molecule has 0 saturated heterocycles. The highest BCUT2D eigenvalue weighted by Crippen LogP contribution is 2.25. The summed E-state index contributed by atoms with van der Waals surface area (Å²) in [5.41, 5.74) is -1.02. The lowest BCUT2D eigenvalue weighted by molar-refractivity contribution is -0.134. The van der Waals surface area contributed by atoms with Crippen LogP contribution in [0.1, 0.15) is 54.4 Å². The Bertz CT molecular complexity index is 440. The van der Waals surface area contributed by atoms with Gasteiger partial charge >= 0.3 is 0 Å². The molecule has 0 bridgehead atoms. The van der Waals surface area contributed by atoms with Crippen LogP contribution in [0.25, 0.3) is 0 Å². The van der Waals surface area contributed by atoms with Gasteiger partial charge in [-0.2, -0.15) is 0 Å². The predicted octanol–water partition coefficient (Wildman–Crippen LogP) is -0.204. The van der Waals surface area contributed by atoms with Crippen LogP contribution >= 0.6 is 0 Å². The molecule has 4 atom stereocenters. The van der Waals surface area contributed by atoms with Crippen LogP contribution in [0.3, 0.4) is 0 Å². The maximum absolute atomic E-state index is 12.4. The maximum atomic E-state index is 12.4. The number of amides is 1. The molecular formula is C19H39NO7. The Morgan fingerprint density at radius 1 is 1.00 bits per heavy atom. The van der Waals surface area contributed by atoms with E-state index in [-0.39, 0.29) is 18.1 Å². The lowest BCUT2D eigenvalue weighted by Gasteiger charge is -2.31. The minimum Gasteiger partial charge on any atom is -0.394 e. The molecule has 0 aromatic rings. The van der Waals surface area contributed by atoms with Crippen LogP contribution in [0.5, 0.6) is 0 Å². The average Bonchev–Trinajstić information content (AvgIpc) is 2.55. The number of carbonyl (C=O) groups is 1. The van der Waals surface area contributed by atoms with Crippen LogP contribution in [-0.2, 0) is 9.53 Å². The molecule has 0 saturated carbocycles. The first kappa shape index (κ1) is 26.2. The maximum Gasteiger partial charge on any atom is 0.225 e. The third kappa shape index (κ3) is 9.82. The number of aliphatic hydroxyl groups is 5. The zero-order valence-electron chi connectivity index (χ0n) is 17.5. The quantitative estimate of drug-likeness (QED) is 0.255. The van der Waals surface area contributed by atoms with E-state index in [0.717, 1.165) is 6.42 Å². The Morgan fingerprint density at radius 2 is 1.52 bits per heavy atom. The molecule has 8 heteroatoms. The van der Waals surface area contributed by atoms with Crippen molar-refractivity contribution in [2.45, 2.75) is 84.4 Å². The van der Waals surface area contributed by atoms with Gasteiger partial charge in [-0.1, -0.05) is 27.7 Å². The van der Waals surface area contributed by atoms with E-state index in [4.69, 9.17) is 9.84 Å². The number of hydrogen-bond donors (Lipinski definition) is 6. The Balaban J connectivity index is 4.46. The van der Waals surface area contributed by atoms with Gasteiger partial charge in [0.1, 0.15) is 18.3 Å². The van der Waals surface area contributed by atoms with Gasteiger partial charge in [0.2, 0.25) is 5.91 Å². The number of rotatable bonds is 13. The Labute approximate surface area is 162 Å². The van der Waals surface area contributed by atoms with Crippen LogP contribution in [0.4, 0.5) is 0 Å². The molecule has 0 aromatic heterocycles. The third-order valence-corrected chi connectivity index (χ3v) is 4.53. The molecule has 4 unspecified atom stereocenters. The van der Waals surface area contributed by atoms with Crippen molar-refractivity contribution in [1.82, 2.24) is 5.32 Å². The van der Waals surface area contributed by atoms with Crippen molar-refractivity contribution < 1.29 is 35.1 Å². The summed E-state index contributed by atoms with van der Waals surface area (Å²) in [6.45, 7) is 11.2. The van der Waals surface area contributed by atoms with E-state index >= 15 is 0 Å². The van der Waals surface area contributed by atoms with E-state index in [2.05, 4.69) is 19.2 Å². The number of nitrogens with one attached hydrogen (secondary N) is 1. The summed E-state index contributed by atoms with van der Waals surface area (Å²) in [5.74, 6) is 0.181. The lowest BCUT2D eigenvalue weighted by Crippen LogP contribution is -2.51. The van der Waals surface area contributed by atoms with E-state index in [1.165, 1.54) is 0 Å². The molecule has 0 aliphatic rings. The van der Waals surface area contributed by atoms with Gasteiger partial charge in [0.25, 0.3) is 0 Å². The first-order chi connectivity index (χ1) is 12.2. The van der Waals surface area contributed by atoms with Crippen molar-refractivity contribution in [1.29, 1.82) is 0 Å². The summed E-state index contributed by atoms with van der Waals surface area (Å²) >= 11 is 0. The molecule has 0 fully saturated rings. The van der Waals surface area contributed by atoms with E-state index in [1.807, 2.05) is 13.8 Å². The molecule has 0 aromatic carbocycles. The van der Waals surface area contributed by atoms with E-state index < -0.39 is 36.4 Å². The minimum atomic E-state index is -1.72. The summed E-state index contributed by atoms with van der Waals surface area (Å²) in [6, 6.07) is 0. The second-order valence-corrected chi connectivity index (χ2v) is 8.85. The molecule has 6 N–H and O–H groups in total. The highest BCUT2D eigenvalue weighted by molar-refractivity contribution is 5.81. The predicted molar refractivity (Wildman–Crippen MR) is 102 cm³/mol. The first-order valence-corrected chi connectivity index (χ1v) is 9.49. The standard InChI is InChI=1S/C19H39NO7/c1-12(2)9-19(5,6)27-8-7-18(3,4)17(26)20-10-13(22)15(24)16(25)14(23)11-21/h12-16,21-25H,7-11H2,1-6H3,(H,20,26). The van der Waals surface area contributed by atoms with Crippen LogP contribution in [-0.4, -0.2) is 81.2 Å². The fourth-order valence-electron chi connectivity index (χ4n) is 2.86. The van der Waals surface area contributed by atoms with Crippen LogP contribution in [0, 0.1) is 11.3 Å². The average molecular weight is 394 g/mol. The second-order valence-electron chi connectivity index (χ2n) is 8.85. The van der Waals surface area contributed by atoms with Crippen molar-refractivity contribution in [3.63, 3.8) is 0 Å². The summed E-state index contributed by atoms with van der Waals surface area (Å²) in [5, 5.41) is 49.8. The normalized spacial score (nSPS) is 17.5. The van der Waals surface area contributed by atoms with Crippen LogP contribution in [0.2, 0.25) is 0 Å². The monoisotopic (exact) mass is 393 g/mol. The minimum absolute atomic E-state index is 0.273. The largest absolute Gasteiger partial charge is 0.394 e. The van der Waals surface area contributed by atoms with Crippen molar-refractivity contribution in [3.8, 4) is 0 Å². The number of aliphatic hydroxyl groups excluding tert-OH is 5. The number of ether oxygens (including phenoxy) is 1. The van der Waals surface area contributed by atoms with Gasteiger partial charge in [0.15, 0.2) is 0 Å². The zero-order chi connectivity index (χ0) is 21.4. The zero-order valence-corrected chi connectivity index (χ0v) is 17.5. The third-order valence-electron chi connectivity index (χ3n) is 4.53. The van der Waals surface area contributed by atoms with Crippen LogP contribution in [0.15, 0.2) is 0 Å². The molecule has 162 valence electrons. The van der Waals surface area contributed by atoms with Gasteiger partial charge < -0.3 is 35.6 Å². The second kappa shape index (κ2) is 11.3. The van der Waals surface area contributed by atoms with Gasteiger partial charge in [-0.25, -0.2) is 0 Å². The van der Waals surface area contributed by atoms with Gasteiger partial charge in [-0.3, -0.25) is 4.79 Å². The molecule has 27 heavy (non-hydrogen) atoms. The van der Waals surface area contributed by atoms with E-state index in [9.17, 15) is 25.2 Å². The fraction of sp³-hybridized carbons (Fsp3) is 0.947. The molecule has 8 nitrogen and oxygen atoms in total. The Hall–Kier alpha value is -0.770. The highest BCUT2D eigenvalue weighted by Gasteiger charge is 2.33. The van der Waals surface area contributed by atoms with Gasteiger partial charge in [0, 0.05) is 18.6 Å². The molecule has 0 aliphatic carbocycles. The Morgan fingerprint density at radius 3 is 2.00 bits per heavy atom. The van der Waals surface area contributed by atoms with Gasteiger partial charge in [0.05, 0.1) is 18.3 Å². The van der Waals surface area contributed by atoms with Crippen molar-refractivity contribution in [2.24, 2.45) is 11.3 Å². The van der Waals surface area contributed by atoms with Crippen molar-refractivity contribution in [2.75, 3.05) is 19.8 Å². The van der Waals surface area contributed by atoms with Gasteiger partial charge in [-0.05, 0) is 32.6 Å². The number of hydrogen-bond acceptors (Lipinski definition) is 7. The SMILES string of the molecule is CC(C)CC(C)(C)OCCC(C)(C)C(=O)NCC(O)C(O)C(O)C(O)CO. The first-order valence-electron chi connectivity index (χ1n) is 9.49. The molecule has 1 amide bonds. The summed E-state index contributed by atoms with van der Waals surface area (Å²) < 4.78 is 5.91. The fourth-order valence-corrected chi connectivity index (χ4v) is 2.86. The molecule has 0 spiro atoms.